The van der Waals surface area contributed by atoms with Crippen LogP contribution in [-0.4, -0.2) is 5.78 Å². The van der Waals surface area contributed by atoms with Gasteiger partial charge in [0.2, 0.25) is 0 Å². The highest BCUT2D eigenvalue weighted by atomic mass is 35.5. The molecule has 0 radical (unpaired) electrons. The first-order valence-corrected chi connectivity index (χ1v) is 6.40. The van der Waals surface area contributed by atoms with Gasteiger partial charge in [0.15, 0.2) is 5.78 Å². The highest BCUT2D eigenvalue weighted by Crippen LogP contribution is 2.19. The second kappa shape index (κ2) is 4.98. The van der Waals surface area contributed by atoms with Crippen LogP contribution in [0.3, 0.4) is 0 Å². The monoisotopic (exact) mass is 268 g/mol. The number of halogens is 2. The third-order valence-electron chi connectivity index (χ3n) is 2.50. The molecule has 1 aromatic carbocycles. The Kier molecular flexibility index (Phi) is 3.60. The summed E-state index contributed by atoms with van der Waals surface area (Å²) in [6.45, 7) is 1.90. The molecule has 1 nitrogen and oxygen atoms in total. The second-order valence-electron chi connectivity index (χ2n) is 3.82. The molecule has 0 amide bonds. The van der Waals surface area contributed by atoms with E-state index in [0.29, 0.717) is 11.1 Å². The SMILES string of the molecule is Cc1cscc1C(=O)Cc1ccc(Cl)c(F)c1. The molecule has 0 aliphatic rings. The van der Waals surface area contributed by atoms with E-state index in [1.807, 2.05) is 17.7 Å². The Morgan fingerprint density at radius 2 is 2.18 bits per heavy atom. The van der Waals surface area contributed by atoms with Gasteiger partial charge in [-0.15, -0.1) is 0 Å². The quantitative estimate of drug-likeness (QED) is 0.760. The summed E-state index contributed by atoms with van der Waals surface area (Å²) in [4.78, 5) is 11.9. The molecule has 0 unspecified atom stereocenters. The molecule has 0 aliphatic carbocycles. The fourth-order valence-electron chi connectivity index (χ4n) is 1.58. The van der Waals surface area contributed by atoms with Crippen LogP contribution in [0.15, 0.2) is 29.0 Å². The molecule has 1 aromatic heterocycles. The molecule has 0 atom stereocenters. The van der Waals surface area contributed by atoms with Crippen LogP contribution in [0.25, 0.3) is 0 Å². The van der Waals surface area contributed by atoms with E-state index >= 15 is 0 Å². The summed E-state index contributed by atoms with van der Waals surface area (Å²) in [6.07, 6.45) is 0.200. The van der Waals surface area contributed by atoms with E-state index in [9.17, 15) is 9.18 Å². The fourth-order valence-corrected chi connectivity index (χ4v) is 2.55. The third-order valence-corrected chi connectivity index (χ3v) is 3.67. The van der Waals surface area contributed by atoms with Crippen LogP contribution >= 0.6 is 22.9 Å². The maximum Gasteiger partial charge on any atom is 0.168 e. The van der Waals surface area contributed by atoms with Gasteiger partial charge in [0.1, 0.15) is 5.82 Å². The third kappa shape index (κ3) is 2.73. The van der Waals surface area contributed by atoms with E-state index in [4.69, 9.17) is 11.6 Å². The molecule has 4 heteroatoms. The number of rotatable bonds is 3. The van der Waals surface area contributed by atoms with Gasteiger partial charge in [-0.3, -0.25) is 4.79 Å². The number of hydrogen-bond acceptors (Lipinski definition) is 2. The van der Waals surface area contributed by atoms with E-state index in [1.54, 1.807) is 6.07 Å². The van der Waals surface area contributed by atoms with Gasteiger partial charge in [-0.05, 0) is 35.6 Å². The molecule has 0 saturated heterocycles. The molecule has 0 bridgehead atoms. The Labute approximate surface area is 108 Å². The van der Waals surface area contributed by atoms with Crippen molar-refractivity contribution in [3.05, 3.63) is 56.5 Å². The van der Waals surface area contributed by atoms with E-state index in [0.717, 1.165) is 5.56 Å². The summed E-state index contributed by atoms with van der Waals surface area (Å²) in [5.41, 5.74) is 2.32. The fraction of sp³-hybridized carbons (Fsp3) is 0.154. The Morgan fingerprint density at radius 3 is 2.76 bits per heavy atom. The van der Waals surface area contributed by atoms with E-state index in [1.165, 1.54) is 23.5 Å². The minimum atomic E-state index is -0.487. The standard InChI is InChI=1S/C13H10ClFOS/c1-8-6-17-7-10(8)13(16)5-9-2-3-11(14)12(15)4-9/h2-4,6-7H,5H2,1H3. The summed E-state index contributed by atoms with van der Waals surface area (Å²) in [5.74, 6) is -0.482. The van der Waals surface area contributed by atoms with Gasteiger partial charge >= 0.3 is 0 Å². The van der Waals surface area contributed by atoms with Gasteiger partial charge in [0.25, 0.3) is 0 Å². The molecule has 17 heavy (non-hydrogen) atoms. The lowest BCUT2D eigenvalue weighted by Gasteiger charge is -2.02. The zero-order valence-electron chi connectivity index (χ0n) is 9.17. The number of hydrogen-bond donors (Lipinski definition) is 0. The van der Waals surface area contributed by atoms with Gasteiger partial charge in [-0.25, -0.2) is 4.39 Å². The van der Waals surface area contributed by atoms with Gasteiger partial charge < -0.3 is 0 Å². The number of carbonyl (C=O) groups excluding carboxylic acids is 1. The van der Waals surface area contributed by atoms with Crippen molar-refractivity contribution in [3.8, 4) is 0 Å². The smallest absolute Gasteiger partial charge is 0.168 e. The maximum atomic E-state index is 13.2. The first kappa shape index (κ1) is 12.3. The van der Waals surface area contributed by atoms with Crippen molar-refractivity contribution >= 4 is 28.7 Å². The second-order valence-corrected chi connectivity index (χ2v) is 4.97. The Balaban J connectivity index is 2.19. The van der Waals surface area contributed by atoms with Crippen LogP contribution in [0.2, 0.25) is 5.02 Å². The first-order valence-electron chi connectivity index (χ1n) is 5.08. The topological polar surface area (TPSA) is 17.1 Å². The van der Waals surface area contributed by atoms with Crippen molar-refractivity contribution in [2.75, 3.05) is 0 Å². The lowest BCUT2D eigenvalue weighted by atomic mass is 10.0. The average Bonchev–Trinajstić information content (AvgIpc) is 2.70. The number of ketones is 1. The van der Waals surface area contributed by atoms with Crippen molar-refractivity contribution in [1.29, 1.82) is 0 Å². The van der Waals surface area contributed by atoms with Gasteiger partial charge in [-0.1, -0.05) is 17.7 Å². The minimum Gasteiger partial charge on any atom is -0.294 e. The van der Waals surface area contributed by atoms with Crippen molar-refractivity contribution in [2.45, 2.75) is 13.3 Å². The predicted molar refractivity (Wildman–Crippen MR) is 68.5 cm³/mol. The summed E-state index contributed by atoms with van der Waals surface area (Å²) >= 11 is 7.08. The van der Waals surface area contributed by atoms with Crippen LogP contribution in [0.5, 0.6) is 0 Å². The number of Topliss-reactive ketones (excluding diaryl/α,β-unsaturated/α-hetero) is 1. The van der Waals surface area contributed by atoms with Gasteiger partial charge in [0, 0.05) is 17.4 Å². The van der Waals surface area contributed by atoms with Crippen molar-refractivity contribution in [1.82, 2.24) is 0 Å². The highest BCUT2D eigenvalue weighted by molar-refractivity contribution is 7.08. The number of carbonyl (C=O) groups is 1. The lowest BCUT2D eigenvalue weighted by Crippen LogP contribution is -2.04. The van der Waals surface area contributed by atoms with Crippen LogP contribution < -0.4 is 0 Å². The Morgan fingerprint density at radius 1 is 1.41 bits per heavy atom. The summed E-state index contributed by atoms with van der Waals surface area (Å²) in [6, 6.07) is 4.45. The summed E-state index contributed by atoms with van der Waals surface area (Å²) in [7, 11) is 0. The molecule has 0 saturated carbocycles. The molecule has 2 aromatic rings. The normalized spacial score (nSPS) is 10.5. The number of aryl methyl sites for hydroxylation is 1. The molecule has 0 fully saturated rings. The minimum absolute atomic E-state index is 0.00507. The lowest BCUT2D eigenvalue weighted by molar-refractivity contribution is 0.0993. The maximum absolute atomic E-state index is 13.2. The molecule has 88 valence electrons. The van der Waals surface area contributed by atoms with Crippen molar-refractivity contribution in [2.24, 2.45) is 0 Å². The van der Waals surface area contributed by atoms with Crippen LogP contribution in [0, 0.1) is 12.7 Å². The molecule has 0 spiro atoms. The zero-order chi connectivity index (χ0) is 12.4. The molecular weight excluding hydrogens is 259 g/mol. The molecule has 2 rings (SSSR count). The highest BCUT2D eigenvalue weighted by Gasteiger charge is 2.11. The molecule has 1 heterocycles. The van der Waals surface area contributed by atoms with Gasteiger partial charge in [-0.2, -0.15) is 11.3 Å². The summed E-state index contributed by atoms with van der Waals surface area (Å²) in [5, 5.41) is 3.83. The van der Waals surface area contributed by atoms with Crippen LogP contribution in [-0.2, 0) is 6.42 Å². The van der Waals surface area contributed by atoms with E-state index < -0.39 is 5.82 Å². The van der Waals surface area contributed by atoms with Crippen LogP contribution in [0.4, 0.5) is 4.39 Å². The van der Waals surface area contributed by atoms with Crippen molar-refractivity contribution in [3.63, 3.8) is 0 Å². The molecule has 0 aliphatic heterocycles. The number of benzene rings is 1. The van der Waals surface area contributed by atoms with E-state index in [2.05, 4.69) is 0 Å². The largest absolute Gasteiger partial charge is 0.294 e. The zero-order valence-corrected chi connectivity index (χ0v) is 10.7. The van der Waals surface area contributed by atoms with E-state index in [-0.39, 0.29) is 17.2 Å². The predicted octanol–water partition coefficient (Wildman–Crippen LogP) is 4.27. The summed E-state index contributed by atoms with van der Waals surface area (Å²) < 4.78 is 13.2. The Bertz CT molecular complexity index is 562. The van der Waals surface area contributed by atoms with Crippen LogP contribution in [0.1, 0.15) is 21.5 Å². The Hall–Kier alpha value is -1.19. The first-order chi connectivity index (χ1) is 8.08. The number of thiophene rings is 1. The molecule has 0 N–H and O–H groups in total. The van der Waals surface area contributed by atoms with Gasteiger partial charge in [0.05, 0.1) is 5.02 Å². The molecular formula is C13H10ClFOS. The average molecular weight is 269 g/mol. The van der Waals surface area contributed by atoms with Crippen molar-refractivity contribution < 1.29 is 9.18 Å².